The first-order valence-corrected chi connectivity index (χ1v) is 4.69. The van der Waals surface area contributed by atoms with Gasteiger partial charge in [-0.15, -0.1) is 0 Å². The van der Waals surface area contributed by atoms with E-state index in [-0.39, 0.29) is 6.04 Å². The van der Waals surface area contributed by atoms with Crippen molar-refractivity contribution in [1.29, 1.82) is 0 Å². The zero-order valence-electron chi connectivity index (χ0n) is 7.79. The summed E-state index contributed by atoms with van der Waals surface area (Å²) in [6.45, 7) is 3.93. The van der Waals surface area contributed by atoms with Gasteiger partial charge in [-0.1, -0.05) is 0 Å². The molecule has 0 spiro atoms. The molecule has 0 aliphatic carbocycles. The number of oxazole rings is 1. The smallest absolute Gasteiger partial charge is 0.198 e. The van der Waals surface area contributed by atoms with E-state index in [2.05, 4.69) is 10.3 Å². The summed E-state index contributed by atoms with van der Waals surface area (Å²) in [4.78, 5) is 4.23. The molecule has 2 unspecified atom stereocenters. The number of nitrogens with one attached hydrogen (secondary N) is 1. The van der Waals surface area contributed by atoms with Gasteiger partial charge < -0.3 is 15.5 Å². The highest BCUT2D eigenvalue weighted by Crippen LogP contribution is 2.23. The molecule has 0 bridgehead atoms. The van der Waals surface area contributed by atoms with E-state index in [1.54, 1.807) is 6.20 Å². The molecule has 2 rings (SSSR count). The number of nitrogens with zero attached hydrogens (tertiary/aromatic N) is 1. The van der Waals surface area contributed by atoms with Gasteiger partial charge in [-0.3, -0.25) is 0 Å². The Morgan fingerprint density at radius 1 is 1.77 bits per heavy atom. The van der Waals surface area contributed by atoms with Crippen molar-refractivity contribution >= 4 is 0 Å². The molecule has 0 saturated carbocycles. The molecule has 0 aromatic carbocycles. The normalized spacial score (nSPS) is 24.9. The molecule has 4 heteroatoms. The minimum atomic E-state index is -0.0596. The monoisotopic (exact) mass is 181 g/mol. The van der Waals surface area contributed by atoms with E-state index in [0.717, 1.165) is 31.2 Å². The Morgan fingerprint density at radius 3 is 3.15 bits per heavy atom. The molecule has 2 heterocycles. The number of aromatic nitrogens is 1. The standard InChI is InChI=1S/C9H15N3O/c1-6(10)8-5-12-9(13-8)7-2-3-11-4-7/h5-7,11H,2-4,10H2,1H3. The minimum Gasteiger partial charge on any atom is -0.444 e. The summed E-state index contributed by atoms with van der Waals surface area (Å²) < 4.78 is 5.55. The van der Waals surface area contributed by atoms with Crippen LogP contribution in [0, 0.1) is 0 Å². The van der Waals surface area contributed by atoms with Gasteiger partial charge in [0.05, 0.1) is 12.2 Å². The SMILES string of the molecule is CC(N)c1cnc(C2CCNC2)o1. The van der Waals surface area contributed by atoms with Gasteiger partial charge in [0, 0.05) is 12.5 Å². The summed E-state index contributed by atoms with van der Waals surface area (Å²) in [5, 5.41) is 3.28. The molecule has 72 valence electrons. The van der Waals surface area contributed by atoms with Crippen molar-refractivity contribution in [2.24, 2.45) is 5.73 Å². The molecule has 1 aliphatic heterocycles. The topological polar surface area (TPSA) is 64.1 Å². The van der Waals surface area contributed by atoms with E-state index in [4.69, 9.17) is 10.2 Å². The Morgan fingerprint density at radius 2 is 2.62 bits per heavy atom. The van der Waals surface area contributed by atoms with Crippen molar-refractivity contribution in [3.63, 3.8) is 0 Å². The minimum absolute atomic E-state index is 0.0596. The second kappa shape index (κ2) is 3.47. The lowest BCUT2D eigenvalue weighted by molar-refractivity contribution is 0.410. The van der Waals surface area contributed by atoms with Crippen molar-refractivity contribution in [1.82, 2.24) is 10.3 Å². The summed E-state index contributed by atoms with van der Waals surface area (Å²) in [6.07, 6.45) is 2.84. The summed E-state index contributed by atoms with van der Waals surface area (Å²) in [5.41, 5.74) is 5.68. The number of hydrogen-bond acceptors (Lipinski definition) is 4. The van der Waals surface area contributed by atoms with E-state index < -0.39 is 0 Å². The second-order valence-electron chi connectivity index (χ2n) is 3.58. The average Bonchev–Trinajstić information content (AvgIpc) is 2.75. The van der Waals surface area contributed by atoms with Crippen LogP contribution in [0.25, 0.3) is 0 Å². The molecule has 13 heavy (non-hydrogen) atoms. The molecule has 1 fully saturated rings. The van der Waals surface area contributed by atoms with Gasteiger partial charge in [-0.2, -0.15) is 0 Å². The number of hydrogen-bond donors (Lipinski definition) is 2. The Kier molecular flexibility index (Phi) is 2.33. The number of nitrogens with two attached hydrogens (primary N) is 1. The quantitative estimate of drug-likeness (QED) is 0.707. The van der Waals surface area contributed by atoms with Crippen LogP contribution in [0.5, 0.6) is 0 Å². The van der Waals surface area contributed by atoms with Crippen LogP contribution >= 0.6 is 0 Å². The van der Waals surface area contributed by atoms with Crippen LogP contribution < -0.4 is 11.1 Å². The molecule has 1 aromatic heterocycles. The molecule has 1 saturated heterocycles. The van der Waals surface area contributed by atoms with E-state index in [1.807, 2.05) is 6.92 Å². The van der Waals surface area contributed by atoms with Gasteiger partial charge >= 0.3 is 0 Å². The summed E-state index contributed by atoms with van der Waals surface area (Å²) in [6, 6.07) is -0.0596. The fourth-order valence-electron chi connectivity index (χ4n) is 1.57. The van der Waals surface area contributed by atoms with Gasteiger partial charge in [-0.05, 0) is 19.9 Å². The summed E-state index contributed by atoms with van der Waals surface area (Å²) in [5.74, 6) is 2.05. The largest absolute Gasteiger partial charge is 0.444 e. The first-order valence-electron chi connectivity index (χ1n) is 4.69. The Hall–Kier alpha value is -0.870. The van der Waals surface area contributed by atoms with Crippen molar-refractivity contribution in [3.05, 3.63) is 17.8 Å². The first-order chi connectivity index (χ1) is 6.27. The molecule has 1 aromatic rings. The third-order valence-electron chi connectivity index (χ3n) is 2.40. The number of rotatable bonds is 2. The summed E-state index contributed by atoms with van der Waals surface area (Å²) >= 11 is 0. The molecular weight excluding hydrogens is 166 g/mol. The lowest BCUT2D eigenvalue weighted by atomic mass is 10.1. The average molecular weight is 181 g/mol. The van der Waals surface area contributed by atoms with E-state index >= 15 is 0 Å². The van der Waals surface area contributed by atoms with Gasteiger partial charge in [0.1, 0.15) is 5.76 Å². The van der Waals surface area contributed by atoms with Crippen LogP contribution in [0.3, 0.4) is 0 Å². The van der Waals surface area contributed by atoms with E-state index in [1.165, 1.54) is 0 Å². The Labute approximate surface area is 77.5 Å². The van der Waals surface area contributed by atoms with Gasteiger partial charge in [0.2, 0.25) is 0 Å². The maximum Gasteiger partial charge on any atom is 0.198 e. The maximum absolute atomic E-state index is 5.68. The fourth-order valence-corrected chi connectivity index (χ4v) is 1.57. The van der Waals surface area contributed by atoms with Crippen molar-refractivity contribution in [2.45, 2.75) is 25.3 Å². The van der Waals surface area contributed by atoms with E-state index in [9.17, 15) is 0 Å². The zero-order chi connectivity index (χ0) is 9.26. The van der Waals surface area contributed by atoms with E-state index in [0.29, 0.717) is 5.92 Å². The highest BCUT2D eigenvalue weighted by atomic mass is 16.4. The molecule has 4 nitrogen and oxygen atoms in total. The van der Waals surface area contributed by atoms with Gasteiger partial charge in [0.15, 0.2) is 5.89 Å². The van der Waals surface area contributed by atoms with Gasteiger partial charge in [0.25, 0.3) is 0 Å². The Balaban J connectivity index is 2.12. The maximum atomic E-state index is 5.68. The Bertz CT molecular complexity index is 276. The fraction of sp³-hybridized carbons (Fsp3) is 0.667. The lowest BCUT2D eigenvalue weighted by Crippen LogP contribution is -2.08. The lowest BCUT2D eigenvalue weighted by Gasteiger charge is -2.02. The van der Waals surface area contributed by atoms with Crippen LogP contribution in [0.1, 0.15) is 37.0 Å². The second-order valence-corrected chi connectivity index (χ2v) is 3.58. The third-order valence-corrected chi connectivity index (χ3v) is 2.40. The predicted octanol–water partition coefficient (Wildman–Crippen LogP) is 0.771. The van der Waals surface area contributed by atoms with Gasteiger partial charge in [-0.25, -0.2) is 4.98 Å². The molecule has 0 radical (unpaired) electrons. The molecule has 0 amide bonds. The van der Waals surface area contributed by atoms with Crippen molar-refractivity contribution in [2.75, 3.05) is 13.1 Å². The summed E-state index contributed by atoms with van der Waals surface area (Å²) in [7, 11) is 0. The molecule has 2 atom stereocenters. The molecule has 3 N–H and O–H groups in total. The van der Waals surface area contributed by atoms with Crippen LogP contribution in [-0.4, -0.2) is 18.1 Å². The van der Waals surface area contributed by atoms with Crippen LogP contribution in [-0.2, 0) is 0 Å². The molecular formula is C9H15N3O. The van der Waals surface area contributed by atoms with Crippen LogP contribution in [0.2, 0.25) is 0 Å². The van der Waals surface area contributed by atoms with Crippen molar-refractivity contribution in [3.8, 4) is 0 Å². The van der Waals surface area contributed by atoms with Crippen LogP contribution in [0.4, 0.5) is 0 Å². The van der Waals surface area contributed by atoms with Crippen molar-refractivity contribution < 1.29 is 4.42 Å². The highest BCUT2D eigenvalue weighted by Gasteiger charge is 2.21. The highest BCUT2D eigenvalue weighted by molar-refractivity contribution is 5.04. The molecule has 1 aliphatic rings. The zero-order valence-corrected chi connectivity index (χ0v) is 7.79. The predicted molar refractivity (Wildman–Crippen MR) is 49.3 cm³/mol. The first kappa shape index (κ1) is 8.72. The third kappa shape index (κ3) is 1.73. The van der Waals surface area contributed by atoms with Crippen LogP contribution in [0.15, 0.2) is 10.6 Å².